The minimum Gasteiger partial charge on any atom is -0.454 e. The molecule has 1 aliphatic heterocycles. The molecule has 0 aliphatic carbocycles. The van der Waals surface area contributed by atoms with Crippen molar-refractivity contribution >= 4 is 5.96 Å². The maximum Gasteiger partial charge on any atom is 0.387 e. The van der Waals surface area contributed by atoms with E-state index in [0.29, 0.717) is 23.0 Å². The molecule has 0 radical (unpaired) electrons. The van der Waals surface area contributed by atoms with Crippen LogP contribution < -0.4 is 24.8 Å². The molecule has 1 heterocycles. The summed E-state index contributed by atoms with van der Waals surface area (Å²) >= 11 is 0. The lowest BCUT2D eigenvalue weighted by molar-refractivity contribution is -0.0505. The molecule has 0 saturated carbocycles. The number of nitrogens with zero attached hydrogens (tertiary/aromatic N) is 1. The predicted octanol–water partition coefficient (Wildman–Crippen LogP) is 3.12. The van der Waals surface area contributed by atoms with Crippen LogP contribution in [0, 0.1) is 5.41 Å². The second-order valence-corrected chi connectivity index (χ2v) is 6.85. The smallest absolute Gasteiger partial charge is 0.387 e. The number of benzene rings is 1. The summed E-state index contributed by atoms with van der Waals surface area (Å²) in [5, 5.41) is 6.30. The minimum atomic E-state index is -2.91. The van der Waals surface area contributed by atoms with Crippen molar-refractivity contribution in [3.05, 3.63) is 17.7 Å². The number of ether oxygens (including phenoxy) is 3. The van der Waals surface area contributed by atoms with Crippen molar-refractivity contribution in [1.82, 2.24) is 10.6 Å². The molecule has 8 heteroatoms. The fourth-order valence-electron chi connectivity index (χ4n) is 2.26. The quantitative estimate of drug-likeness (QED) is 0.605. The molecule has 25 heavy (non-hydrogen) atoms. The highest BCUT2D eigenvalue weighted by molar-refractivity contribution is 5.79. The van der Waals surface area contributed by atoms with Crippen molar-refractivity contribution in [2.45, 2.75) is 40.3 Å². The Balaban J connectivity index is 2.00. The van der Waals surface area contributed by atoms with E-state index in [-0.39, 0.29) is 24.5 Å². The van der Waals surface area contributed by atoms with Crippen molar-refractivity contribution in [3.8, 4) is 17.2 Å². The summed E-state index contributed by atoms with van der Waals surface area (Å²) in [5.41, 5.74) is 0.741. The first kappa shape index (κ1) is 19.1. The van der Waals surface area contributed by atoms with Gasteiger partial charge in [0.25, 0.3) is 0 Å². The molecular formula is C17H25F2N3O3. The number of aliphatic imine (C=N–C) groups is 1. The third kappa shape index (κ3) is 5.95. The Morgan fingerprint density at radius 3 is 2.52 bits per heavy atom. The van der Waals surface area contributed by atoms with Crippen molar-refractivity contribution < 1.29 is 23.0 Å². The van der Waals surface area contributed by atoms with Crippen LogP contribution in [-0.4, -0.2) is 33.0 Å². The van der Waals surface area contributed by atoms with Gasteiger partial charge in [0.2, 0.25) is 6.79 Å². The van der Waals surface area contributed by atoms with Crippen molar-refractivity contribution in [1.29, 1.82) is 0 Å². The standard InChI is InChI=1S/C17H25F2N3O3/c1-17(2,3)5-6-21-16(20-4)22-9-11-7-13-14(24-10-23-13)8-12(11)25-15(18)19/h7-8,15H,5-6,9-10H2,1-4H3,(H2,20,21,22). The molecule has 0 aromatic heterocycles. The second kappa shape index (κ2) is 8.22. The zero-order valence-corrected chi connectivity index (χ0v) is 15.0. The van der Waals surface area contributed by atoms with Gasteiger partial charge in [-0.05, 0) is 17.9 Å². The van der Waals surface area contributed by atoms with Crippen molar-refractivity contribution in [2.24, 2.45) is 10.4 Å². The lowest BCUT2D eigenvalue weighted by Crippen LogP contribution is -2.38. The monoisotopic (exact) mass is 357 g/mol. The molecule has 6 nitrogen and oxygen atoms in total. The largest absolute Gasteiger partial charge is 0.454 e. The fourth-order valence-corrected chi connectivity index (χ4v) is 2.26. The first-order chi connectivity index (χ1) is 11.8. The first-order valence-corrected chi connectivity index (χ1v) is 8.10. The van der Waals surface area contributed by atoms with E-state index in [1.54, 1.807) is 13.1 Å². The van der Waals surface area contributed by atoms with E-state index >= 15 is 0 Å². The average Bonchev–Trinajstić information content (AvgIpc) is 2.95. The van der Waals surface area contributed by atoms with E-state index in [1.807, 2.05) is 0 Å². The van der Waals surface area contributed by atoms with E-state index < -0.39 is 6.61 Å². The number of guanidine groups is 1. The number of hydrogen-bond donors (Lipinski definition) is 2. The van der Waals surface area contributed by atoms with Gasteiger partial charge in [0.15, 0.2) is 17.5 Å². The molecular weight excluding hydrogens is 332 g/mol. The Hall–Kier alpha value is -2.25. The van der Waals surface area contributed by atoms with Crippen LogP contribution in [0.1, 0.15) is 32.8 Å². The number of hydrogen-bond acceptors (Lipinski definition) is 4. The predicted molar refractivity (Wildman–Crippen MR) is 91.5 cm³/mol. The van der Waals surface area contributed by atoms with Gasteiger partial charge in [0.1, 0.15) is 5.75 Å². The third-order valence-corrected chi connectivity index (χ3v) is 3.61. The summed E-state index contributed by atoms with van der Waals surface area (Å²) in [5.74, 6) is 1.54. The third-order valence-electron chi connectivity index (χ3n) is 3.61. The van der Waals surface area contributed by atoms with Crippen LogP contribution in [-0.2, 0) is 6.54 Å². The zero-order chi connectivity index (χ0) is 18.4. The van der Waals surface area contributed by atoms with Crippen molar-refractivity contribution in [3.63, 3.8) is 0 Å². The van der Waals surface area contributed by atoms with E-state index in [1.165, 1.54) is 6.07 Å². The summed E-state index contributed by atoms with van der Waals surface area (Å²) in [6.07, 6.45) is 0.970. The highest BCUT2D eigenvalue weighted by Crippen LogP contribution is 2.38. The van der Waals surface area contributed by atoms with Gasteiger partial charge < -0.3 is 24.8 Å². The lowest BCUT2D eigenvalue weighted by atomic mass is 9.92. The van der Waals surface area contributed by atoms with E-state index in [9.17, 15) is 8.78 Å². The van der Waals surface area contributed by atoms with Gasteiger partial charge >= 0.3 is 6.61 Å². The Morgan fingerprint density at radius 1 is 1.24 bits per heavy atom. The van der Waals surface area contributed by atoms with Crippen LogP contribution in [0.25, 0.3) is 0 Å². The van der Waals surface area contributed by atoms with Gasteiger partial charge in [-0.1, -0.05) is 20.8 Å². The van der Waals surface area contributed by atoms with Gasteiger partial charge in [-0.2, -0.15) is 8.78 Å². The number of alkyl halides is 2. The summed E-state index contributed by atoms with van der Waals surface area (Å²) in [6.45, 7) is 4.64. The first-order valence-electron chi connectivity index (χ1n) is 8.10. The fraction of sp³-hybridized carbons (Fsp3) is 0.588. The van der Waals surface area contributed by atoms with E-state index in [0.717, 1.165) is 13.0 Å². The molecule has 0 saturated heterocycles. The summed E-state index contributed by atoms with van der Waals surface area (Å²) in [4.78, 5) is 4.14. The molecule has 0 amide bonds. The SMILES string of the molecule is CN=C(NCCC(C)(C)C)NCc1cc2c(cc1OC(F)F)OCO2. The maximum absolute atomic E-state index is 12.6. The Kier molecular flexibility index (Phi) is 6.27. The van der Waals surface area contributed by atoms with Crippen LogP contribution in [0.5, 0.6) is 17.2 Å². The number of halogens is 2. The van der Waals surface area contributed by atoms with Gasteiger partial charge in [0, 0.05) is 31.8 Å². The molecule has 0 fully saturated rings. The van der Waals surface area contributed by atoms with Gasteiger partial charge in [-0.3, -0.25) is 4.99 Å². The normalized spacial score (nSPS) is 14.0. The van der Waals surface area contributed by atoms with Gasteiger partial charge in [-0.15, -0.1) is 0 Å². The van der Waals surface area contributed by atoms with Crippen molar-refractivity contribution in [2.75, 3.05) is 20.4 Å². The van der Waals surface area contributed by atoms with Gasteiger partial charge in [-0.25, -0.2) is 0 Å². The highest BCUT2D eigenvalue weighted by Gasteiger charge is 2.20. The molecule has 1 aliphatic rings. The van der Waals surface area contributed by atoms with Crippen LogP contribution in [0.15, 0.2) is 17.1 Å². The summed E-state index contributed by atoms with van der Waals surface area (Å²) in [6, 6.07) is 3.05. The number of rotatable bonds is 6. The Labute approximate surface area is 146 Å². The Morgan fingerprint density at radius 2 is 1.92 bits per heavy atom. The number of fused-ring (bicyclic) bond motifs is 1. The molecule has 1 aromatic carbocycles. The topological polar surface area (TPSA) is 64.1 Å². The highest BCUT2D eigenvalue weighted by atomic mass is 19.3. The number of nitrogens with one attached hydrogen (secondary N) is 2. The summed E-state index contributed by atoms with van der Waals surface area (Å²) < 4.78 is 40.4. The Bertz CT molecular complexity index is 616. The molecule has 2 N–H and O–H groups in total. The van der Waals surface area contributed by atoms with Crippen LogP contribution >= 0.6 is 0 Å². The molecule has 140 valence electrons. The zero-order valence-electron chi connectivity index (χ0n) is 15.0. The molecule has 2 rings (SSSR count). The average molecular weight is 357 g/mol. The summed E-state index contributed by atoms with van der Waals surface area (Å²) in [7, 11) is 1.66. The van der Waals surface area contributed by atoms with Crippen LogP contribution in [0.4, 0.5) is 8.78 Å². The van der Waals surface area contributed by atoms with Crippen LogP contribution in [0.2, 0.25) is 0 Å². The molecule has 0 atom stereocenters. The van der Waals surface area contributed by atoms with E-state index in [2.05, 4.69) is 41.1 Å². The minimum absolute atomic E-state index is 0.0527. The molecule has 0 bridgehead atoms. The van der Waals surface area contributed by atoms with E-state index in [4.69, 9.17) is 9.47 Å². The van der Waals surface area contributed by atoms with Gasteiger partial charge in [0.05, 0.1) is 0 Å². The lowest BCUT2D eigenvalue weighted by Gasteiger charge is -2.20. The second-order valence-electron chi connectivity index (χ2n) is 6.85. The maximum atomic E-state index is 12.6. The molecule has 0 spiro atoms. The van der Waals surface area contributed by atoms with Crippen LogP contribution in [0.3, 0.4) is 0 Å². The molecule has 1 aromatic rings. The molecule has 0 unspecified atom stereocenters.